The molecule has 1 atom stereocenters. The summed E-state index contributed by atoms with van der Waals surface area (Å²) in [6, 6.07) is 6.79. The van der Waals surface area contributed by atoms with E-state index >= 15 is 0 Å². The number of benzene rings is 1. The van der Waals surface area contributed by atoms with E-state index in [0.717, 1.165) is 6.26 Å². The Kier molecular flexibility index (Phi) is 5.97. The molecule has 6 nitrogen and oxygen atoms in total. The molecular weight excluding hydrogens is 280 g/mol. The third kappa shape index (κ3) is 6.03. The molecule has 0 spiro atoms. The summed E-state index contributed by atoms with van der Waals surface area (Å²) in [4.78, 5) is 11.7. The number of nitrogens with two attached hydrogens (primary N) is 1. The van der Waals surface area contributed by atoms with Crippen molar-refractivity contribution in [1.82, 2.24) is 0 Å². The first-order chi connectivity index (χ1) is 9.31. The molecule has 0 aliphatic carbocycles. The SMILES string of the molecule is CC(CN)C(=O)Nc1cccc(OCCS(C)(=O)=O)c1. The fraction of sp³-hybridized carbons (Fsp3) is 0.462. The van der Waals surface area contributed by atoms with Gasteiger partial charge >= 0.3 is 0 Å². The number of sulfone groups is 1. The zero-order valence-corrected chi connectivity index (χ0v) is 12.4. The lowest BCUT2D eigenvalue weighted by Crippen LogP contribution is -2.26. The summed E-state index contributed by atoms with van der Waals surface area (Å²) in [5.74, 6) is 0.0193. The first-order valence-corrected chi connectivity index (χ1v) is 8.29. The van der Waals surface area contributed by atoms with Crippen LogP contribution in [0.5, 0.6) is 5.75 Å². The molecule has 0 aromatic heterocycles. The predicted molar refractivity (Wildman–Crippen MR) is 78.5 cm³/mol. The van der Waals surface area contributed by atoms with Gasteiger partial charge in [-0.2, -0.15) is 0 Å². The Morgan fingerprint density at radius 2 is 2.15 bits per heavy atom. The molecule has 0 aliphatic rings. The third-order valence-corrected chi connectivity index (χ3v) is 3.53. The molecule has 7 heteroatoms. The topological polar surface area (TPSA) is 98.5 Å². The summed E-state index contributed by atoms with van der Waals surface area (Å²) < 4.78 is 27.3. The van der Waals surface area contributed by atoms with Crippen molar-refractivity contribution in [1.29, 1.82) is 0 Å². The van der Waals surface area contributed by atoms with E-state index < -0.39 is 9.84 Å². The number of carbonyl (C=O) groups excluding carboxylic acids is 1. The van der Waals surface area contributed by atoms with Gasteiger partial charge in [-0.3, -0.25) is 4.79 Å². The number of anilines is 1. The quantitative estimate of drug-likeness (QED) is 0.770. The summed E-state index contributed by atoms with van der Waals surface area (Å²) >= 11 is 0. The molecule has 1 aromatic rings. The molecule has 20 heavy (non-hydrogen) atoms. The van der Waals surface area contributed by atoms with Gasteiger partial charge in [-0.25, -0.2) is 8.42 Å². The molecule has 0 radical (unpaired) electrons. The van der Waals surface area contributed by atoms with Crippen molar-refractivity contribution in [2.24, 2.45) is 11.7 Å². The normalized spacial score (nSPS) is 12.8. The van der Waals surface area contributed by atoms with Gasteiger partial charge < -0.3 is 15.8 Å². The summed E-state index contributed by atoms with van der Waals surface area (Å²) in [7, 11) is -3.05. The van der Waals surface area contributed by atoms with Crippen LogP contribution in [0.15, 0.2) is 24.3 Å². The Morgan fingerprint density at radius 1 is 1.45 bits per heavy atom. The molecule has 112 valence electrons. The Balaban J connectivity index is 2.60. The molecule has 1 rings (SSSR count). The molecular formula is C13H20N2O4S. The number of ether oxygens (including phenoxy) is 1. The molecule has 1 unspecified atom stereocenters. The van der Waals surface area contributed by atoms with E-state index in [1.54, 1.807) is 31.2 Å². The van der Waals surface area contributed by atoms with Gasteiger partial charge in [0.25, 0.3) is 0 Å². The van der Waals surface area contributed by atoms with Crippen molar-refractivity contribution in [2.75, 3.05) is 30.5 Å². The monoisotopic (exact) mass is 300 g/mol. The zero-order valence-electron chi connectivity index (χ0n) is 11.6. The summed E-state index contributed by atoms with van der Waals surface area (Å²) in [5, 5.41) is 2.72. The number of rotatable bonds is 7. The van der Waals surface area contributed by atoms with Gasteiger partial charge in [0.1, 0.15) is 12.4 Å². The lowest BCUT2D eigenvalue weighted by atomic mass is 10.1. The second-order valence-corrected chi connectivity index (χ2v) is 6.89. The molecule has 0 aliphatic heterocycles. The number of carbonyl (C=O) groups is 1. The molecule has 1 aromatic carbocycles. The minimum Gasteiger partial charge on any atom is -0.492 e. The number of amides is 1. The fourth-order valence-corrected chi connectivity index (χ4v) is 1.73. The summed E-state index contributed by atoms with van der Waals surface area (Å²) in [6.45, 7) is 2.09. The lowest BCUT2D eigenvalue weighted by Gasteiger charge is -2.11. The first kappa shape index (κ1) is 16.5. The van der Waals surface area contributed by atoms with Crippen LogP contribution in [0, 0.1) is 5.92 Å². The predicted octanol–water partition coefficient (Wildman–Crippen LogP) is 0.643. The summed E-state index contributed by atoms with van der Waals surface area (Å²) in [6.07, 6.45) is 1.15. The summed E-state index contributed by atoms with van der Waals surface area (Å²) in [5.41, 5.74) is 6.01. The van der Waals surface area contributed by atoms with Crippen LogP contribution in [0.25, 0.3) is 0 Å². The highest BCUT2D eigenvalue weighted by Gasteiger charge is 2.11. The zero-order chi connectivity index (χ0) is 15.2. The Morgan fingerprint density at radius 3 is 2.75 bits per heavy atom. The second kappa shape index (κ2) is 7.25. The average Bonchev–Trinajstić information content (AvgIpc) is 2.36. The van der Waals surface area contributed by atoms with E-state index in [1.165, 1.54) is 0 Å². The minimum absolute atomic E-state index is 0.0478. The van der Waals surface area contributed by atoms with Crippen LogP contribution in [0.3, 0.4) is 0 Å². The van der Waals surface area contributed by atoms with Gasteiger partial charge in [0.05, 0.1) is 5.75 Å². The van der Waals surface area contributed by atoms with Gasteiger partial charge in [-0.05, 0) is 12.1 Å². The highest BCUT2D eigenvalue weighted by Crippen LogP contribution is 2.18. The molecule has 0 saturated heterocycles. The van der Waals surface area contributed by atoms with Crippen LogP contribution in [-0.4, -0.2) is 39.5 Å². The maximum atomic E-state index is 11.7. The van der Waals surface area contributed by atoms with Crippen molar-refractivity contribution in [3.8, 4) is 5.75 Å². The molecule has 0 heterocycles. The smallest absolute Gasteiger partial charge is 0.228 e. The van der Waals surface area contributed by atoms with Gasteiger partial charge in [0, 0.05) is 30.5 Å². The molecule has 0 fully saturated rings. The maximum absolute atomic E-state index is 11.7. The minimum atomic E-state index is -3.05. The van der Waals surface area contributed by atoms with Crippen molar-refractivity contribution >= 4 is 21.4 Å². The van der Waals surface area contributed by atoms with Gasteiger partial charge in [-0.15, -0.1) is 0 Å². The standard InChI is InChI=1S/C13H20N2O4S/c1-10(9-14)13(16)15-11-4-3-5-12(8-11)19-6-7-20(2,17)18/h3-5,8,10H,6-7,9,14H2,1-2H3,(H,15,16). The van der Waals surface area contributed by atoms with E-state index in [9.17, 15) is 13.2 Å². The number of hydrogen-bond acceptors (Lipinski definition) is 5. The van der Waals surface area contributed by atoms with E-state index in [-0.39, 0.29) is 30.7 Å². The van der Waals surface area contributed by atoms with Crippen LogP contribution in [0.4, 0.5) is 5.69 Å². The van der Waals surface area contributed by atoms with Crippen molar-refractivity contribution in [3.63, 3.8) is 0 Å². The first-order valence-electron chi connectivity index (χ1n) is 6.23. The lowest BCUT2D eigenvalue weighted by molar-refractivity contribution is -0.119. The molecule has 3 N–H and O–H groups in total. The van der Waals surface area contributed by atoms with E-state index in [1.807, 2.05) is 0 Å². The Labute approximate surface area is 119 Å². The number of nitrogens with one attached hydrogen (secondary N) is 1. The third-order valence-electron chi connectivity index (χ3n) is 2.63. The maximum Gasteiger partial charge on any atom is 0.228 e. The number of hydrogen-bond donors (Lipinski definition) is 2. The molecule has 0 saturated carbocycles. The molecule has 1 amide bonds. The van der Waals surface area contributed by atoms with Crippen molar-refractivity contribution in [3.05, 3.63) is 24.3 Å². The fourth-order valence-electron chi connectivity index (χ4n) is 1.35. The van der Waals surface area contributed by atoms with Crippen LogP contribution >= 0.6 is 0 Å². The van der Waals surface area contributed by atoms with Gasteiger partial charge in [0.15, 0.2) is 9.84 Å². The second-order valence-electron chi connectivity index (χ2n) is 4.63. The van der Waals surface area contributed by atoms with Crippen LogP contribution in [0.1, 0.15) is 6.92 Å². The largest absolute Gasteiger partial charge is 0.492 e. The van der Waals surface area contributed by atoms with Crippen LogP contribution < -0.4 is 15.8 Å². The van der Waals surface area contributed by atoms with Crippen LogP contribution in [0.2, 0.25) is 0 Å². The van der Waals surface area contributed by atoms with Gasteiger partial charge in [0.2, 0.25) is 5.91 Å². The highest BCUT2D eigenvalue weighted by molar-refractivity contribution is 7.90. The molecule has 0 bridgehead atoms. The highest BCUT2D eigenvalue weighted by atomic mass is 32.2. The van der Waals surface area contributed by atoms with E-state index in [0.29, 0.717) is 11.4 Å². The van der Waals surface area contributed by atoms with E-state index in [4.69, 9.17) is 10.5 Å². The van der Waals surface area contributed by atoms with Gasteiger partial charge in [-0.1, -0.05) is 13.0 Å². The van der Waals surface area contributed by atoms with E-state index in [2.05, 4.69) is 5.32 Å². The average molecular weight is 300 g/mol. The van der Waals surface area contributed by atoms with Crippen molar-refractivity contribution < 1.29 is 17.9 Å². The van der Waals surface area contributed by atoms with Crippen LogP contribution in [-0.2, 0) is 14.6 Å². The van der Waals surface area contributed by atoms with Crippen molar-refractivity contribution in [2.45, 2.75) is 6.92 Å². The Bertz CT molecular complexity index is 557. The Hall–Kier alpha value is -1.60.